The van der Waals surface area contributed by atoms with E-state index in [1.165, 1.54) is 7.11 Å². The molecule has 0 spiro atoms. The second-order valence-electron chi connectivity index (χ2n) is 3.66. The number of hydrogen-bond acceptors (Lipinski definition) is 4. The maximum atomic E-state index is 11.2. The molecule has 1 aromatic heterocycles. The van der Waals surface area contributed by atoms with Gasteiger partial charge >= 0.3 is 5.97 Å². The van der Waals surface area contributed by atoms with Crippen molar-refractivity contribution in [3.63, 3.8) is 0 Å². The van der Waals surface area contributed by atoms with Crippen molar-refractivity contribution in [2.45, 2.75) is 0 Å². The first kappa shape index (κ1) is 12.4. The minimum Gasteiger partial charge on any atom is -0.464 e. The van der Waals surface area contributed by atoms with Crippen molar-refractivity contribution in [2.75, 3.05) is 12.4 Å². The van der Waals surface area contributed by atoms with Gasteiger partial charge in [0.15, 0.2) is 0 Å². The van der Waals surface area contributed by atoms with Gasteiger partial charge in [0.1, 0.15) is 5.70 Å². The zero-order valence-corrected chi connectivity index (χ0v) is 10.8. The zero-order chi connectivity index (χ0) is 13.0. The van der Waals surface area contributed by atoms with Gasteiger partial charge in [-0.25, -0.2) is 4.79 Å². The van der Waals surface area contributed by atoms with Gasteiger partial charge in [0.2, 0.25) is 0 Å². The van der Waals surface area contributed by atoms with Crippen LogP contribution < -0.4 is 5.32 Å². The quantitative estimate of drug-likeness (QED) is 0.674. The van der Waals surface area contributed by atoms with Gasteiger partial charge in [-0.1, -0.05) is 36.9 Å². The Bertz CT molecular complexity index is 560. The number of hydrogen-bond donors (Lipinski definition) is 1. The van der Waals surface area contributed by atoms with Gasteiger partial charge in [0, 0.05) is 10.3 Å². The summed E-state index contributed by atoms with van der Waals surface area (Å²) in [7, 11) is 1.33. The third kappa shape index (κ3) is 2.78. The monoisotopic (exact) mass is 259 g/mol. The third-order valence-corrected chi connectivity index (χ3v) is 3.36. The van der Waals surface area contributed by atoms with Crippen LogP contribution in [0.5, 0.6) is 0 Å². The molecule has 2 rings (SSSR count). The first-order valence-electron chi connectivity index (χ1n) is 5.39. The summed E-state index contributed by atoms with van der Waals surface area (Å²) in [6.07, 6.45) is 0. The standard InChI is InChI=1S/C14H13NO2S/c1-10(14(16)17-2)15-12-8-13(18-9-12)11-6-4-3-5-7-11/h3-9,15H,1H2,2H3. The van der Waals surface area contributed by atoms with Crippen LogP contribution in [0.3, 0.4) is 0 Å². The lowest BCUT2D eigenvalue weighted by atomic mass is 10.2. The number of anilines is 1. The lowest BCUT2D eigenvalue weighted by molar-refractivity contribution is -0.135. The van der Waals surface area contributed by atoms with Crippen LogP contribution >= 0.6 is 11.3 Å². The molecular weight excluding hydrogens is 246 g/mol. The minimum absolute atomic E-state index is 0.231. The summed E-state index contributed by atoms with van der Waals surface area (Å²) < 4.78 is 4.58. The molecular formula is C14H13NO2S. The molecule has 2 aromatic rings. The van der Waals surface area contributed by atoms with Crippen LogP contribution in [0.25, 0.3) is 10.4 Å². The fraction of sp³-hybridized carbons (Fsp3) is 0.0714. The Kier molecular flexibility index (Phi) is 3.79. The molecule has 1 N–H and O–H groups in total. The lowest BCUT2D eigenvalue weighted by Crippen LogP contribution is -2.10. The average Bonchev–Trinajstić information content (AvgIpc) is 2.87. The number of benzene rings is 1. The van der Waals surface area contributed by atoms with E-state index < -0.39 is 5.97 Å². The van der Waals surface area contributed by atoms with Crippen LogP contribution in [0.1, 0.15) is 0 Å². The number of esters is 1. The van der Waals surface area contributed by atoms with Gasteiger partial charge in [0.05, 0.1) is 12.8 Å². The summed E-state index contributed by atoms with van der Waals surface area (Å²) >= 11 is 1.61. The fourth-order valence-electron chi connectivity index (χ4n) is 1.50. The van der Waals surface area contributed by atoms with E-state index in [0.717, 1.165) is 16.1 Å². The first-order chi connectivity index (χ1) is 8.70. The maximum Gasteiger partial charge on any atom is 0.353 e. The molecule has 0 saturated heterocycles. The Hall–Kier alpha value is -2.07. The van der Waals surface area contributed by atoms with Crippen molar-refractivity contribution in [1.82, 2.24) is 0 Å². The molecule has 0 unspecified atom stereocenters. The molecule has 0 aliphatic carbocycles. The van der Waals surface area contributed by atoms with Crippen molar-refractivity contribution in [2.24, 2.45) is 0 Å². The summed E-state index contributed by atoms with van der Waals surface area (Å²) in [5.41, 5.74) is 2.23. The summed E-state index contributed by atoms with van der Waals surface area (Å²) in [5.74, 6) is -0.456. The SMILES string of the molecule is C=C(Nc1csc(-c2ccccc2)c1)C(=O)OC. The highest BCUT2D eigenvalue weighted by atomic mass is 32.1. The van der Waals surface area contributed by atoms with Crippen LogP contribution in [0.2, 0.25) is 0 Å². The molecule has 0 aliphatic heterocycles. The van der Waals surface area contributed by atoms with Crippen molar-refractivity contribution in [3.8, 4) is 10.4 Å². The van der Waals surface area contributed by atoms with Crippen LogP contribution in [-0.2, 0) is 9.53 Å². The molecule has 0 bridgehead atoms. The Balaban J connectivity index is 2.12. The van der Waals surface area contributed by atoms with Crippen molar-refractivity contribution < 1.29 is 9.53 Å². The predicted octanol–water partition coefficient (Wildman–Crippen LogP) is 3.51. The average molecular weight is 259 g/mol. The molecule has 3 nitrogen and oxygen atoms in total. The number of rotatable bonds is 4. The van der Waals surface area contributed by atoms with E-state index in [1.807, 2.05) is 41.8 Å². The van der Waals surface area contributed by atoms with Crippen LogP contribution in [-0.4, -0.2) is 13.1 Å². The highest BCUT2D eigenvalue weighted by Gasteiger charge is 2.08. The molecule has 1 aromatic carbocycles. The second kappa shape index (κ2) is 5.51. The fourth-order valence-corrected chi connectivity index (χ4v) is 2.35. The number of carbonyl (C=O) groups is 1. The van der Waals surface area contributed by atoms with E-state index in [0.29, 0.717) is 0 Å². The van der Waals surface area contributed by atoms with Crippen LogP contribution in [0.4, 0.5) is 5.69 Å². The molecule has 0 saturated carbocycles. The summed E-state index contributed by atoms with van der Waals surface area (Å²) in [6.45, 7) is 3.62. The normalized spacial score (nSPS) is 9.83. The summed E-state index contributed by atoms with van der Waals surface area (Å²) in [5, 5.41) is 4.87. The number of carbonyl (C=O) groups excluding carboxylic acids is 1. The summed E-state index contributed by atoms with van der Waals surface area (Å²) in [4.78, 5) is 12.3. The number of methoxy groups -OCH3 is 1. The van der Waals surface area contributed by atoms with Crippen molar-refractivity contribution in [3.05, 3.63) is 54.1 Å². The highest BCUT2D eigenvalue weighted by Crippen LogP contribution is 2.30. The Labute approximate surface area is 110 Å². The van der Waals surface area contributed by atoms with Crippen LogP contribution in [0, 0.1) is 0 Å². The van der Waals surface area contributed by atoms with E-state index in [2.05, 4.69) is 16.6 Å². The van der Waals surface area contributed by atoms with Crippen molar-refractivity contribution in [1.29, 1.82) is 0 Å². The van der Waals surface area contributed by atoms with Gasteiger partial charge in [-0.2, -0.15) is 0 Å². The van der Waals surface area contributed by atoms with E-state index in [4.69, 9.17) is 0 Å². The first-order valence-corrected chi connectivity index (χ1v) is 6.27. The van der Waals surface area contributed by atoms with Gasteiger partial charge in [0.25, 0.3) is 0 Å². The zero-order valence-electron chi connectivity index (χ0n) is 9.97. The molecule has 1 heterocycles. The second-order valence-corrected chi connectivity index (χ2v) is 4.57. The molecule has 4 heteroatoms. The molecule has 18 heavy (non-hydrogen) atoms. The van der Waals surface area contributed by atoms with E-state index in [1.54, 1.807) is 11.3 Å². The van der Waals surface area contributed by atoms with E-state index in [-0.39, 0.29) is 5.70 Å². The third-order valence-electron chi connectivity index (χ3n) is 2.38. The van der Waals surface area contributed by atoms with E-state index >= 15 is 0 Å². The van der Waals surface area contributed by atoms with Gasteiger partial charge in [-0.3, -0.25) is 0 Å². The minimum atomic E-state index is -0.456. The Morgan fingerprint density at radius 3 is 2.72 bits per heavy atom. The molecule has 92 valence electrons. The lowest BCUT2D eigenvalue weighted by Gasteiger charge is -2.04. The number of ether oxygens (including phenoxy) is 1. The van der Waals surface area contributed by atoms with E-state index in [9.17, 15) is 4.79 Å². The topological polar surface area (TPSA) is 38.3 Å². The van der Waals surface area contributed by atoms with Gasteiger partial charge in [-0.15, -0.1) is 11.3 Å². The largest absolute Gasteiger partial charge is 0.464 e. The molecule has 0 radical (unpaired) electrons. The summed E-state index contributed by atoms with van der Waals surface area (Å²) in [6, 6.07) is 12.0. The molecule has 0 atom stereocenters. The van der Waals surface area contributed by atoms with Crippen molar-refractivity contribution >= 4 is 23.0 Å². The number of nitrogens with one attached hydrogen (secondary N) is 1. The maximum absolute atomic E-state index is 11.2. The molecule has 0 amide bonds. The Morgan fingerprint density at radius 1 is 1.33 bits per heavy atom. The molecule has 0 aliphatic rings. The highest BCUT2D eigenvalue weighted by molar-refractivity contribution is 7.14. The number of thiophene rings is 1. The smallest absolute Gasteiger partial charge is 0.353 e. The molecule has 0 fully saturated rings. The van der Waals surface area contributed by atoms with Gasteiger partial charge in [-0.05, 0) is 11.6 Å². The van der Waals surface area contributed by atoms with Crippen LogP contribution in [0.15, 0.2) is 54.1 Å². The van der Waals surface area contributed by atoms with Gasteiger partial charge < -0.3 is 10.1 Å². The predicted molar refractivity (Wildman–Crippen MR) is 74.5 cm³/mol. The Morgan fingerprint density at radius 2 is 2.06 bits per heavy atom.